The van der Waals surface area contributed by atoms with Gasteiger partial charge in [-0.15, -0.1) is 11.3 Å². The van der Waals surface area contributed by atoms with Crippen LogP contribution in [0.5, 0.6) is 5.75 Å². The minimum atomic E-state index is -1.19. The van der Waals surface area contributed by atoms with Crippen LogP contribution in [-0.2, 0) is 0 Å². The van der Waals surface area contributed by atoms with Crippen molar-refractivity contribution < 1.29 is 15.0 Å². The second-order valence-corrected chi connectivity index (χ2v) is 6.60. The van der Waals surface area contributed by atoms with Gasteiger partial charge < -0.3 is 15.5 Å². The summed E-state index contributed by atoms with van der Waals surface area (Å²) in [5.74, 6) is -0.848. The van der Waals surface area contributed by atoms with Crippen LogP contribution < -0.4 is 5.32 Å². The minimum Gasteiger partial charge on any atom is -0.505 e. The minimum absolute atomic E-state index is 0.146. The lowest BCUT2D eigenvalue weighted by molar-refractivity contribution is 0.0695. The smallest absolute Gasteiger partial charge is 0.342 e. The van der Waals surface area contributed by atoms with Gasteiger partial charge in [-0.3, -0.25) is 0 Å². The van der Waals surface area contributed by atoms with Crippen molar-refractivity contribution in [2.45, 2.75) is 0 Å². The number of aromatic nitrogens is 1. The Morgan fingerprint density at radius 2 is 1.96 bits per heavy atom. The summed E-state index contributed by atoms with van der Waals surface area (Å²) in [4.78, 5) is 20.5. The van der Waals surface area contributed by atoms with Gasteiger partial charge in [0.15, 0.2) is 5.82 Å². The first-order chi connectivity index (χ1) is 12.6. The predicted molar refractivity (Wildman–Crippen MR) is 103 cm³/mol. The van der Waals surface area contributed by atoms with Gasteiger partial charge in [0.2, 0.25) is 0 Å². The number of benzene rings is 1. The van der Waals surface area contributed by atoms with E-state index in [9.17, 15) is 15.0 Å². The molecule has 0 aliphatic carbocycles. The SMILES string of the molecule is O=C(O)c1c(Nc2ccccc2)sc(C=C2C=Nc3ncccc32)c1O. The molecule has 0 saturated carbocycles. The van der Waals surface area contributed by atoms with Gasteiger partial charge in [0, 0.05) is 29.2 Å². The number of nitrogens with zero attached hydrogens (tertiary/aromatic N) is 2. The molecule has 1 aromatic carbocycles. The molecule has 0 amide bonds. The molecule has 0 unspecified atom stereocenters. The number of thiophene rings is 1. The number of hydrogen-bond donors (Lipinski definition) is 3. The molecule has 1 aliphatic heterocycles. The quantitative estimate of drug-likeness (QED) is 0.632. The fourth-order valence-electron chi connectivity index (χ4n) is 2.66. The van der Waals surface area contributed by atoms with E-state index in [2.05, 4.69) is 15.3 Å². The molecule has 3 N–H and O–H groups in total. The Morgan fingerprint density at radius 3 is 2.73 bits per heavy atom. The van der Waals surface area contributed by atoms with Crippen LogP contribution in [0.2, 0.25) is 0 Å². The zero-order valence-corrected chi connectivity index (χ0v) is 14.2. The second kappa shape index (κ2) is 6.45. The molecule has 0 radical (unpaired) electrons. The van der Waals surface area contributed by atoms with Gasteiger partial charge in [-0.25, -0.2) is 14.8 Å². The van der Waals surface area contributed by atoms with Crippen molar-refractivity contribution in [3.63, 3.8) is 0 Å². The van der Waals surface area contributed by atoms with Crippen LogP contribution >= 0.6 is 11.3 Å². The van der Waals surface area contributed by atoms with Gasteiger partial charge in [-0.2, -0.15) is 0 Å². The van der Waals surface area contributed by atoms with E-state index in [0.29, 0.717) is 15.7 Å². The monoisotopic (exact) mass is 363 g/mol. The van der Waals surface area contributed by atoms with Crippen LogP contribution in [0.4, 0.5) is 16.5 Å². The van der Waals surface area contributed by atoms with Gasteiger partial charge in [-0.1, -0.05) is 18.2 Å². The molecule has 3 aromatic rings. The highest BCUT2D eigenvalue weighted by Crippen LogP contribution is 2.43. The van der Waals surface area contributed by atoms with Crippen LogP contribution in [0.1, 0.15) is 20.8 Å². The fourth-order valence-corrected chi connectivity index (χ4v) is 3.72. The van der Waals surface area contributed by atoms with E-state index in [4.69, 9.17) is 0 Å². The fraction of sp³-hybridized carbons (Fsp3) is 0. The molecule has 0 spiro atoms. The number of fused-ring (bicyclic) bond motifs is 1. The molecule has 0 saturated heterocycles. The summed E-state index contributed by atoms with van der Waals surface area (Å²) in [6.45, 7) is 0. The lowest BCUT2D eigenvalue weighted by Crippen LogP contribution is -1.99. The van der Waals surface area contributed by atoms with Crippen molar-refractivity contribution in [2.75, 3.05) is 5.32 Å². The van der Waals surface area contributed by atoms with E-state index in [0.717, 1.165) is 16.8 Å². The average molecular weight is 363 g/mol. The van der Waals surface area contributed by atoms with Crippen LogP contribution in [0.15, 0.2) is 53.7 Å². The maximum absolute atomic E-state index is 11.6. The molecule has 1 aliphatic rings. The van der Waals surface area contributed by atoms with Crippen LogP contribution in [0, 0.1) is 0 Å². The number of anilines is 2. The summed E-state index contributed by atoms with van der Waals surface area (Å²) in [5.41, 5.74) is 2.21. The maximum Gasteiger partial charge on any atom is 0.342 e. The first-order valence-electron chi connectivity index (χ1n) is 7.76. The van der Waals surface area contributed by atoms with Crippen molar-refractivity contribution in [3.8, 4) is 5.75 Å². The molecule has 3 heterocycles. The lowest BCUT2D eigenvalue weighted by atomic mass is 10.1. The number of carbonyl (C=O) groups is 1. The zero-order chi connectivity index (χ0) is 18.1. The molecule has 2 aromatic heterocycles. The number of aromatic carboxylic acids is 1. The number of aliphatic imine (C=N–C) groups is 1. The first-order valence-corrected chi connectivity index (χ1v) is 8.57. The number of aromatic hydroxyl groups is 1. The van der Waals surface area contributed by atoms with Gasteiger partial charge in [0.25, 0.3) is 0 Å². The van der Waals surface area contributed by atoms with Crippen molar-refractivity contribution in [1.29, 1.82) is 0 Å². The molecule has 128 valence electrons. The maximum atomic E-state index is 11.6. The summed E-state index contributed by atoms with van der Waals surface area (Å²) >= 11 is 1.17. The van der Waals surface area contributed by atoms with E-state index >= 15 is 0 Å². The molecule has 0 fully saturated rings. The molecule has 7 heteroatoms. The molecule has 0 bridgehead atoms. The standard InChI is InChI=1S/C19H13N3O3S/c23-16-14(9-11-10-21-17-13(11)7-4-8-20-17)26-18(15(16)19(24)25)22-12-5-2-1-3-6-12/h1-10,22-23H,(H,24,25). The highest BCUT2D eigenvalue weighted by atomic mass is 32.1. The van der Waals surface area contributed by atoms with E-state index in [1.807, 2.05) is 36.4 Å². The van der Waals surface area contributed by atoms with Crippen molar-refractivity contribution in [2.24, 2.45) is 4.99 Å². The summed E-state index contributed by atoms with van der Waals surface area (Å²) < 4.78 is 0. The number of nitrogens with one attached hydrogen (secondary N) is 1. The van der Waals surface area contributed by atoms with E-state index < -0.39 is 5.97 Å². The number of rotatable bonds is 4. The number of carboxylic acid groups (broad SMARTS) is 1. The number of para-hydroxylation sites is 1. The van der Waals surface area contributed by atoms with Crippen molar-refractivity contribution in [3.05, 3.63) is 64.7 Å². The Morgan fingerprint density at radius 1 is 1.15 bits per heavy atom. The first kappa shape index (κ1) is 16.0. The highest BCUT2D eigenvalue weighted by Gasteiger charge is 2.23. The second-order valence-electron chi connectivity index (χ2n) is 5.55. The summed E-state index contributed by atoms with van der Waals surface area (Å²) in [7, 11) is 0. The van der Waals surface area contributed by atoms with Crippen LogP contribution in [-0.4, -0.2) is 27.4 Å². The Kier molecular flexibility index (Phi) is 3.98. The summed E-state index contributed by atoms with van der Waals surface area (Å²) in [6.07, 6.45) is 5.04. The van der Waals surface area contributed by atoms with Gasteiger partial charge >= 0.3 is 5.97 Å². The van der Waals surface area contributed by atoms with Crippen molar-refractivity contribution >= 4 is 51.7 Å². The normalized spacial score (nSPS) is 13.8. The topological polar surface area (TPSA) is 94.8 Å². The van der Waals surface area contributed by atoms with Gasteiger partial charge in [-0.05, 0) is 30.3 Å². The number of allylic oxidation sites excluding steroid dienone is 1. The van der Waals surface area contributed by atoms with Gasteiger partial charge in [0.1, 0.15) is 16.3 Å². The third-order valence-corrected chi connectivity index (χ3v) is 4.91. The summed E-state index contributed by atoms with van der Waals surface area (Å²) in [5, 5.41) is 23.4. The van der Waals surface area contributed by atoms with Gasteiger partial charge in [0.05, 0.1) is 4.88 Å². The summed E-state index contributed by atoms with van der Waals surface area (Å²) in [6, 6.07) is 12.9. The Labute approximate surface area is 152 Å². The number of pyridine rings is 1. The van der Waals surface area contributed by atoms with E-state index in [1.165, 1.54) is 11.3 Å². The Bertz CT molecular complexity index is 1060. The molecule has 0 atom stereocenters. The number of hydrogen-bond acceptors (Lipinski definition) is 6. The number of carboxylic acids is 1. The van der Waals surface area contributed by atoms with E-state index in [-0.39, 0.29) is 11.3 Å². The highest BCUT2D eigenvalue weighted by molar-refractivity contribution is 7.18. The average Bonchev–Trinajstić information content (AvgIpc) is 3.18. The molecular formula is C19H13N3O3S. The molecule has 4 rings (SSSR count). The van der Waals surface area contributed by atoms with Crippen molar-refractivity contribution in [1.82, 2.24) is 4.98 Å². The van der Waals surface area contributed by atoms with Crippen LogP contribution in [0.3, 0.4) is 0 Å². The van der Waals surface area contributed by atoms with Crippen LogP contribution in [0.25, 0.3) is 11.6 Å². The largest absolute Gasteiger partial charge is 0.505 e. The Balaban J connectivity index is 1.77. The Hall–Kier alpha value is -3.45. The predicted octanol–water partition coefficient (Wildman–Crippen LogP) is 4.55. The zero-order valence-electron chi connectivity index (χ0n) is 13.4. The third kappa shape index (κ3) is 2.84. The lowest BCUT2D eigenvalue weighted by Gasteiger charge is -2.04. The molecular weight excluding hydrogens is 350 g/mol. The molecule has 6 nitrogen and oxygen atoms in total. The van der Waals surface area contributed by atoms with E-state index in [1.54, 1.807) is 24.6 Å². The third-order valence-electron chi connectivity index (χ3n) is 3.87. The molecule has 26 heavy (non-hydrogen) atoms.